The van der Waals surface area contributed by atoms with Crippen LogP contribution in [0.4, 0.5) is 0 Å². The maximum atomic E-state index is 13.6. The minimum Gasteiger partial charge on any atom is -0.291 e. The predicted octanol–water partition coefficient (Wildman–Crippen LogP) is 5.42. The number of benzene rings is 3. The third-order valence-electron chi connectivity index (χ3n) is 4.85. The van der Waals surface area contributed by atoms with Crippen molar-refractivity contribution >= 4 is 48.5 Å². The van der Waals surface area contributed by atoms with Gasteiger partial charge in [0.05, 0.1) is 28.7 Å². The van der Waals surface area contributed by atoms with Crippen LogP contribution in [0.15, 0.2) is 80.5 Å². The van der Waals surface area contributed by atoms with Crippen molar-refractivity contribution in [2.45, 2.75) is 0 Å². The van der Waals surface area contributed by atoms with Crippen molar-refractivity contribution in [1.82, 2.24) is 9.55 Å². The van der Waals surface area contributed by atoms with Crippen molar-refractivity contribution in [2.75, 3.05) is 0 Å². The molecule has 0 saturated heterocycles. The molecule has 1 heterocycles. The van der Waals surface area contributed by atoms with Gasteiger partial charge in [-0.2, -0.15) is 10.5 Å². The fourth-order valence-electron chi connectivity index (χ4n) is 3.32. The molecule has 4 aromatic rings. The van der Waals surface area contributed by atoms with Crippen molar-refractivity contribution < 1.29 is 4.79 Å². The van der Waals surface area contributed by atoms with Crippen molar-refractivity contribution in [2.24, 2.45) is 5.92 Å². The molecule has 0 atom stereocenters. The lowest BCUT2D eigenvalue weighted by Gasteiger charge is -2.15. The molecule has 0 aliphatic heterocycles. The van der Waals surface area contributed by atoms with Gasteiger partial charge in [-0.05, 0) is 52.3 Å². The Morgan fingerprint density at radius 3 is 2.25 bits per heavy atom. The first-order chi connectivity index (χ1) is 15.4. The van der Waals surface area contributed by atoms with Crippen LogP contribution in [0.2, 0.25) is 0 Å². The number of carbonyl (C=O) groups excluding carboxylic acids is 1. The van der Waals surface area contributed by atoms with Crippen molar-refractivity contribution in [3.05, 3.63) is 91.6 Å². The van der Waals surface area contributed by atoms with Crippen LogP contribution in [-0.2, 0) is 0 Å². The number of nitriles is 2. The van der Waals surface area contributed by atoms with Gasteiger partial charge in [-0.3, -0.25) is 14.2 Å². The fourth-order valence-corrected chi connectivity index (χ4v) is 4.64. The van der Waals surface area contributed by atoms with Gasteiger partial charge in [0.2, 0.25) is 0 Å². The highest BCUT2D eigenvalue weighted by atomic mass is 79.9. The number of hydrogen-bond acceptors (Lipinski definition) is 5. The lowest BCUT2D eigenvalue weighted by Crippen LogP contribution is -2.22. The van der Waals surface area contributed by atoms with E-state index in [1.165, 1.54) is 16.7 Å². The number of hydrogen-bond donors (Lipinski definition) is 0. The largest absolute Gasteiger partial charge is 0.291 e. The van der Waals surface area contributed by atoms with Gasteiger partial charge in [0.15, 0.2) is 11.7 Å². The Bertz CT molecular complexity index is 1480. The Kier molecular flexibility index (Phi) is 6.00. The van der Waals surface area contributed by atoms with Gasteiger partial charge in [-0.25, -0.2) is 4.98 Å². The van der Waals surface area contributed by atoms with Crippen LogP contribution >= 0.6 is 31.9 Å². The lowest BCUT2D eigenvalue weighted by molar-refractivity contribution is 0.0971. The minimum atomic E-state index is -1.37. The maximum absolute atomic E-state index is 13.6. The highest BCUT2D eigenvalue weighted by molar-refractivity contribution is 9.11. The number of ketones is 1. The molecule has 0 radical (unpaired) electrons. The van der Waals surface area contributed by atoms with Crippen LogP contribution in [0, 0.1) is 28.6 Å². The van der Waals surface area contributed by atoms with Crippen molar-refractivity contribution in [3.8, 4) is 29.2 Å². The van der Waals surface area contributed by atoms with E-state index in [9.17, 15) is 9.59 Å². The molecule has 1 aromatic heterocycles. The predicted molar refractivity (Wildman–Crippen MR) is 127 cm³/mol. The Labute approximate surface area is 199 Å². The molecule has 6 nitrogen and oxygen atoms in total. The Balaban J connectivity index is 1.97. The van der Waals surface area contributed by atoms with Crippen LogP contribution in [0.25, 0.3) is 28.0 Å². The molecule has 4 rings (SSSR count). The van der Waals surface area contributed by atoms with Crippen LogP contribution in [-0.4, -0.2) is 15.3 Å². The quantitative estimate of drug-likeness (QED) is 0.317. The number of carbonyl (C=O) groups is 1. The van der Waals surface area contributed by atoms with E-state index in [2.05, 4.69) is 31.9 Å². The normalized spacial score (nSPS) is 10.7. The zero-order chi connectivity index (χ0) is 22.8. The van der Waals surface area contributed by atoms with E-state index in [-0.39, 0.29) is 11.1 Å². The minimum absolute atomic E-state index is 0.218. The smallest absolute Gasteiger partial charge is 0.266 e. The number of aromatic nitrogens is 2. The van der Waals surface area contributed by atoms with Gasteiger partial charge in [-0.1, -0.05) is 46.3 Å². The molecule has 154 valence electrons. The molecule has 8 heteroatoms. The summed E-state index contributed by atoms with van der Waals surface area (Å²) in [5, 5.41) is 18.4. The van der Waals surface area contributed by atoms with Crippen LogP contribution in [0.1, 0.15) is 10.4 Å². The second-order valence-corrected chi connectivity index (χ2v) is 8.60. The molecule has 0 spiro atoms. The van der Waals surface area contributed by atoms with Gasteiger partial charge in [-0.15, -0.1) is 0 Å². The first kappa shape index (κ1) is 21.6. The summed E-state index contributed by atoms with van der Waals surface area (Å²) >= 11 is 6.91. The number of Topliss-reactive ketones (excluding diaryl/α,β-unsaturated/α-hetero) is 1. The van der Waals surface area contributed by atoms with Crippen molar-refractivity contribution in [3.63, 3.8) is 0 Å². The van der Waals surface area contributed by atoms with Crippen LogP contribution in [0.3, 0.4) is 0 Å². The van der Waals surface area contributed by atoms with E-state index in [4.69, 9.17) is 15.5 Å². The van der Waals surface area contributed by atoms with Crippen LogP contribution < -0.4 is 5.56 Å². The van der Waals surface area contributed by atoms with Gasteiger partial charge in [0, 0.05) is 20.1 Å². The lowest BCUT2D eigenvalue weighted by atomic mass is 10.00. The summed E-state index contributed by atoms with van der Waals surface area (Å²) < 4.78 is 2.90. The van der Waals surface area contributed by atoms with Crippen LogP contribution in [0.5, 0.6) is 0 Å². The summed E-state index contributed by atoms with van der Waals surface area (Å²) in [4.78, 5) is 30.7. The standard InChI is InChI=1S/C24H12Br2N4O2/c25-17-10-19-21(20(26)11-17)29-23(15-4-2-1-3-5-15)30(24(19)32)18-8-6-14(7-9-18)22(31)16(12-27)13-28/h1-11,16H. The summed E-state index contributed by atoms with van der Waals surface area (Å²) in [5.74, 6) is -1.51. The van der Waals surface area contributed by atoms with Gasteiger partial charge >= 0.3 is 0 Å². The summed E-state index contributed by atoms with van der Waals surface area (Å²) in [6, 6.07) is 22.4. The third kappa shape index (κ3) is 3.87. The number of nitrogens with zero attached hydrogens (tertiary/aromatic N) is 4. The Morgan fingerprint density at radius 1 is 0.969 bits per heavy atom. The molecule has 0 amide bonds. The fraction of sp³-hybridized carbons (Fsp3) is 0.0417. The van der Waals surface area contributed by atoms with E-state index in [0.29, 0.717) is 26.9 Å². The molecule has 3 aromatic carbocycles. The Morgan fingerprint density at radius 2 is 1.62 bits per heavy atom. The second kappa shape index (κ2) is 8.88. The number of halogens is 2. The molecule has 32 heavy (non-hydrogen) atoms. The van der Waals surface area contributed by atoms with E-state index in [1.54, 1.807) is 30.3 Å². The van der Waals surface area contributed by atoms with E-state index < -0.39 is 11.7 Å². The van der Waals surface area contributed by atoms with E-state index in [0.717, 1.165) is 10.0 Å². The van der Waals surface area contributed by atoms with E-state index >= 15 is 0 Å². The summed E-state index contributed by atoms with van der Waals surface area (Å²) in [5.41, 5.74) is 1.72. The van der Waals surface area contributed by atoms with Crippen molar-refractivity contribution in [1.29, 1.82) is 10.5 Å². The molecule has 0 fully saturated rings. The molecule has 0 aliphatic carbocycles. The first-order valence-corrected chi connectivity index (χ1v) is 10.9. The Hall–Kier alpha value is -3.59. The topological polar surface area (TPSA) is 99.5 Å². The molecular weight excluding hydrogens is 536 g/mol. The molecule has 0 saturated carbocycles. The SMILES string of the molecule is N#CC(C#N)C(=O)c1ccc(-n2c(-c3ccccc3)nc3c(Br)cc(Br)cc3c2=O)cc1. The summed E-state index contributed by atoms with van der Waals surface area (Å²) in [6.07, 6.45) is 0. The maximum Gasteiger partial charge on any atom is 0.266 e. The molecule has 0 bridgehead atoms. The van der Waals surface area contributed by atoms with Gasteiger partial charge in [0.1, 0.15) is 5.82 Å². The first-order valence-electron chi connectivity index (χ1n) is 9.35. The summed E-state index contributed by atoms with van der Waals surface area (Å²) in [6.45, 7) is 0. The summed E-state index contributed by atoms with van der Waals surface area (Å²) in [7, 11) is 0. The number of fused-ring (bicyclic) bond motifs is 1. The van der Waals surface area contributed by atoms with Gasteiger partial charge < -0.3 is 0 Å². The zero-order valence-electron chi connectivity index (χ0n) is 16.3. The highest BCUT2D eigenvalue weighted by Crippen LogP contribution is 2.29. The molecular formula is C24H12Br2N4O2. The average molecular weight is 548 g/mol. The average Bonchev–Trinajstić information content (AvgIpc) is 2.81. The number of rotatable bonds is 4. The monoisotopic (exact) mass is 546 g/mol. The second-order valence-electron chi connectivity index (χ2n) is 6.83. The molecule has 0 unspecified atom stereocenters. The third-order valence-corrected chi connectivity index (χ3v) is 5.92. The van der Waals surface area contributed by atoms with Gasteiger partial charge in [0.25, 0.3) is 5.56 Å². The highest BCUT2D eigenvalue weighted by Gasteiger charge is 2.20. The zero-order valence-corrected chi connectivity index (χ0v) is 19.5. The molecule has 0 N–H and O–H groups in total. The van der Waals surface area contributed by atoms with E-state index in [1.807, 2.05) is 36.4 Å². The molecule has 0 aliphatic rings.